The van der Waals surface area contributed by atoms with Crippen LogP contribution in [-0.4, -0.2) is 135 Å². The van der Waals surface area contributed by atoms with E-state index in [9.17, 15) is 24.0 Å². The largest absolute Gasteiger partial charge is 0.464 e. The first kappa shape index (κ1) is 47.8. The molecule has 17 heteroatoms. The molecule has 5 amide bonds. The van der Waals surface area contributed by atoms with E-state index in [1.165, 1.54) is 27.3 Å². The monoisotopic (exact) mass is 935 g/mol. The van der Waals surface area contributed by atoms with Crippen molar-refractivity contribution in [2.75, 3.05) is 40.4 Å². The minimum atomic E-state index is -1.08. The summed E-state index contributed by atoms with van der Waals surface area (Å²) in [6.07, 6.45) is 6.05. The molecule has 8 rings (SSSR count). The summed E-state index contributed by atoms with van der Waals surface area (Å²) in [4.78, 5) is 85.0. The second kappa shape index (κ2) is 19.5. The summed E-state index contributed by atoms with van der Waals surface area (Å²) in [5.74, 6) is -1.82. The number of pyridine rings is 1. The van der Waals surface area contributed by atoms with Crippen molar-refractivity contribution < 1.29 is 33.4 Å². The van der Waals surface area contributed by atoms with Gasteiger partial charge in [-0.05, 0) is 87.8 Å². The molecule has 0 spiro atoms. The van der Waals surface area contributed by atoms with Gasteiger partial charge in [0.05, 0.1) is 46.9 Å². The Morgan fingerprint density at radius 3 is 2.54 bits per heavy atom. The molecule has 16 nitrogen and oxygen atoms in total. The molecule has 4 aliphatic rings. The van der Waals surface area contributed by atoms with Gasteiger partial charge in [-0.3, -0.25) is 29.2 Å². The third-order valence-corrected chi connectivity index (χ3v) is 14.9. The smallest absolute Gasteiger partial charge is 0.324 e. The molecule has 0 unspecified atom stereocenters. The van der Waals surface area contributed by atoms with E-state index in [1.54, 1.807) is 30.2 Å². The quantitative estimate of drug-likeness (QED) is 0.147. The Labute approximate surface area is 397 Å². The molecule has 6 heterocycles. The SMILES string of the molecule is C=CC(=O)N1CCN(C(=O)N(C)[C@H](C(=O)N[C@H]2Cc3nc(cs3)-c3ccc4c(c3)c(c(-c3cccnc3[C@H](C)OC)n4CC)CC(C)(C)COC(=O)[C@@H]3CCCN(N3)C2=O)C(C)C)[C@@H]2CC[C@@H]21. The summed E-state index contributed by atoms with van der Waals surface area (Å²) in [5, 5.41) is 8.14. The first-order valence-electron chi connectivity index (χ1n) is 23.6. The van der Waals surface area contributed by atoms with Gasteiger partial charge in [-0.15, -0.1) is 11.3 Å². The molecular weight excluding hydrogens is 871 g/mol. The third kappa shape index (κ3) is 9.34. The number of aromatic nitrogens is 3. The summed E-state index contributed by atoms with van der Waals surface area (Å²) in [7, 11) is 3.31. The number of piperazine rings is 1. The number of ether oxygens (including phenoxy) is 2. The number of nitrogens with one attached hydrogen (secondary N) is 2. The lowest BCUT2D eigenvalue weighted by atomic mass is 9.81. The van der Waals surface area contributed by atoms with Gasteiger partial charge in [0.1, 0.15) is 18.1 Å². The van der Waals surface area contributed by atoms with Gasteiger partial charge in [0.15, 0.2) is 0 Å². The van der Waals surface area contributed by atoms with Crippen LogP contribution in [0.4, 0.5) is 4.79 Å². The van der Waals surface area contributed by atoms with Crippen LogP contribution in [0.3, 0.4) is 0 Å². The van der Waals surface area contributed by atoms with Crippen molar-refractivity contribution >= 4 is 52.0 Å². The number of esters is 1. The highest BCUT2D eigenvalue weighted by Crippen LogP contribution is 2.42. The first-order chi connectivity index (χ1) is 32.0. The summed E-state index contributed by atoms with van der Waals surface area (Å²) in [6, 6.07) is 7.08. The lowest BCUT2D eigenvalue weighted by molar-refractivity contribution is -0.155. The number of aryl methyl sites for hydroxylation is 1. The Morgan fingerprint density at radius 2 is 1.84 bits per heavy atom. The fourth-order valence-corrected chi connectivity index (χ4v) is 11.3. The summed E-state index contributed by atoms with van der Waals surface area (Å²) >= 11 is 1.41. The Bertz CT molecular complexity index is 2550. The molecule has 6 bridgehead atoms. The van der Waals surface area contributed by atoms with Gasteiger partial charge < -0.3 is 34.1 Å². The van der Waals surface area contributed by atoms with Crippen LogP contribution in [0.5, 0.6) is 0 Å². The van der Waals surface area contributed by atoms with Gasteiger partial charge in [0.2, 0.25) is 11.8 Å². The van der Waals surface area contributed by atoms with Crippen LogP contribution in [0.15, 0.2) is 54.6 Å². The zero-order valence-corrected chi connectivity index (χ0v) is 40.9. The Hall–Kier alpha value is -5.65. The number of cyclic esters (lactones) is 1. The number of likely N-dealkylation sites (N-methyl/N-ethyl adjacent to an activating group) is 1. The van der Waals surface area contributed by atoms with Crippen LogP contribution in [0, 0.1) is 11.3 Å². The molecule has 2 N–H and O–H groups in total. The molecule has 3 aliphatic heterocycles. The molecule has 3 fully saturated rings. The summed E-state index contributed by atoms with van der Waals surface area (Å²) in [5.41, 5.74) is 9.28. The number of amides is 5. The molecule has 358 valence electrons. The molecule has 1 saturated carbocycles. The van der Waals surface area contributed by atoms with E-state index < -0.39 is 41.3 Å². The van der Waals surface area contributed by atoms with Crippen molar-refractivity contribution in [1.29, 1.82) is 0 Å². The highest BCUT2D eigenvalue weighted by molar-refractivity contribution is 7.10. The minimum absolute atomic E-state index is 0.0770. The van der Waals surface area contributed by atoms with Crippen molar-refractivity contribution in [3.8, 4) is 22.5 Å². The zero-order chi connectivity index (χ0) is 47.9. The minimum Gasteiger partial charge on any atom is -0.464 e. The van der Waals surface area contributed by atoms with E-state index >= 15 is 0 Å². The Balaban J connectivity index is 1.14. The number of nitrogens with zero attached hydrogens (tertiary/aromatic N) is 7. The summed E-state index contributed by atoms with van der Waals surface area (Å²) < 4.78 is 14.3. The topological polar surface area (TPSA) is 172 Å². The summed E-state index contributed by atoms with van der Waals surface area (Å²) in [6.45, 7) is 17.6. The highest BCUT2D eigenvalue weighted by Gasteiger charge is 2.48. The van der Waals surface area contributed by atoms with Gasteiger partial charge >= 0.3 is 12.0 Å². The number of benzene rings is 1. The molecule has 4 aromatic rings. The van der Waals surface area contributed by atoms with E-state index in [1.807, 2.05) is 32.2 Å². The van der Waals surface area contributed by atoms with Crippen molar-refractivity contribution in [3.63, 3.8) is 0 Å². The second-order valence-corrected chi connectivity index (χ2v) is 20.4. The first-order valence-corrected chi connectivity index (χ1v) is 24.5. The number of fused-ring (bicyclic) bond motifs is 7. The maximum Gasteiger partial charge on any atom is 0.324 e. The van der Waals surface area contributed by atoms with Crippen molar-refractivity contribution in [2.45, 2.75) is 123 Å². The van der Waals surface area contributed by atoms with E-state index in [2.05, 4.69) is 66.9 Å². The van der Waals surface area contributed by atoms with Gasteiger partial charge in [0.25, 0.3) is 5.91 Å². The van der Waals surface area contributed by atoms with Crippen LogP contribution in [0.1, 0.15) is 89.6 Å². The fraction of sp³-hybridized carbons (Fsp3) is 0.540. The van der Waals surface area contributed by atoms with Gasteiger partial charge in [-0.1, -0.05) is 40.3 Å². The molecule has 2 saturated heterocycles. The molecular formula is C50H65N9O7S. The van der Waals surface area contributed by atoms with Crippen molar-refractivity contribution in [1.82, 2.24) is 45.0 Å². The number of rotatable bonds is 9. The van der Waals surface area contributed by atoms with Crippen LogP contribution < -0.4 is 10.7 Å². The molecule has 1 aromatic carbocycles. The number of hydrogen-bond acceptors (Lipinski definition) is 11. The lowest BCUT2D eigenvalue weighted by Gasteiger charge is -2.54. The Kier molecular flexibility index (Phi) is 13.9. The third-order valence-electron chi connectivity index (χ3n) is 14.1. The van der Waals surface area contributed by atoms with E-state index in [4.69, 9.17) is 19.4 Å². The number of methoxy groups -OCH3 is 1. The normalized spacial score (nSPS) is 22.9. The second-order valence-electron chi connectivity index (χ2n) is 19.5. The number of hydrogen-bond donors (Lipinski definition) is 2. The number of carbonyl (C=O) groups excluding carboxylic acids is 5. The number of urea groups is 1. The van der Waals surface area contributed by atoms with Gasteiger partial charge in [0, 0.05) is 85.8 Å². The predicted molar refractivity (Wildman–Crippen MR) is 257 cm³/mol. The van der Waals surface area contributed by atoms with Crippen LogP contribution >= 0.6 is 11.3 Å². The molecule has 0 radical (unpaired) electrons. The van der Waals surface area contributed by atoms with E-state index in [0.29, 0.717) is 50.4 Å². The molecule has 1 aliphatic carbocycles. The molecule has 67 heavy (non-hydrogen) atoms. The average molecular weight is 936 g/mol. The standard InChI is InChI=1S/C50H65N9O7S/c1-10-42(60)57-22-23-58(40-19-18-39(40)57)49(64)55(8)44(29(3)4)46(61)53-36-25-41-52-37(27-67-41)31-16-17-38-33(24-31)34(45(56(38)11-2)32-14-12-20-51-43(32)30(5)65-9)26-50(6,7)28-66-48(63)35-15-13-21-59(54-35)47(36)62/h10,12,14,16-17,20,24,27,29-30,35-36,39-40,44,54H,1,11,13,15,18-19,21-23,25-26,28H2,2-9H3,(H,53,61)/t30-,35-,36-,39-,40+,44-/m0/s1. The number of carbonyl (C=O) groups is 5. The maximum atomic E-state index is 14.7. The van der Waals surface area contributed by atoms with E-state index in [-0.39, 0.29) is 49.1 Å². The van der Waals surface area contributed by atoms with Crippen molar-refractivity contribution in [3.05, 3.63) is 70.8 Å². The van der Waals surface area contributed by atoms with E-state index in [0.717, 1.165) is 57.5 Å². The van der Waals surface area contributed by atoms with Crippen LogP contribution in [0.25, 0.3) is 33.4 Å². The van der Waals surface area contributed by atoms with Crippen LogP contribution in [0.2, 0.25) is 0 Å². The zero-order valence-electron chi connectivity index (χ0n) is 40.0. The highest BCUT2D eigenvalue weighted by atomic mass is 32.1. The van der Waals surface area contributed by atoms with Gasteiger partial charge in [-0.2, -0.15) is 0 Å². The fourth-order valence-electron chi connectivity index (χ4n) is 10.4. The lowest BCUT2D eigenvalue weighted by Crippen LogP contribution is -2.69. The van der Waals surface area contributed by atoms with Crippen molar-refractivity contribution in [2.24, 2.45) is 11.3 Å². The van der Waals surface area contributed by atoms with Gasteiger partial charge in [-0.25, -0.2) is 15.2 Å². The number of hydrazine groups is 1. The predicted octanol–water partition coefficient (Wildman–Crippen LogP) is 6.14. The number of thiazole rings is 1. The maximum absolute atomic E-state index is 14.7. The molecule has 6 atom stereocenters. The molecule has 3 aromatic heterocycles. The van der Waals surface area contributed by atoms with Crippen LogP contribution in [-0.2, 0) is 48.0 Å². The average Bonchev–Trinajstić information content (AvgIpc) is 3.90. The Morgan fingerprint density at radius 1 is 1.09 bits per heavy atom.